The average molecular weight is 403 g/mol. The van der Waals surface area contributed by atoms with Crippen LogP contribution in [0.5, 0.6) is 0 Å². The highest BCUT2D eigenvalue weighted by atomic mass is 15.4. The number of nitrogens with zero attached hydrogens (tertiary/aromatic N) is 1. The first-order chi connectivity index (χ1) is 14.3. The van der Waals surface area contributed by atoms with Gasteiger partial charge in [0.25, 0.3) is 0 Å². The lowest BCUT2D eigenvalue weighted by Gasteiger charge is -2.38. The summed E-state index contributed by atoms with van der Waals surface area (Å²) < 4.78 is 1.20. The maximum absolute atomic E-state index is 2.36. The Morgan fingerprint density at radius 1 is 0.448 bits per heavy atom. The van der Waals surface area contributed by atoms with Crippen LogP contribution in [0.25, 0.3) is 0 Å². The summed E-state index contributed by atoms with van der Waals surface area (Å²) in [6.45, 7) is 10.9. The van der Waals surface area contributed by atoms with Crippen LogP contribution in [0.2, 0.25) is 0 Å². The quantitative estimate of drug-likeness (QED) is 0.150. The largest absolute Gasteiger partial charge is 0.291 e. The van der Waals surface area contributed by atoms with Crippen LogP contribution in [0.15, 0.2) is 30.3 Å². The maximum atomic E-state index is 2.36. The standard InChI is InChI=1S/C28H52N/c1-4-7-8-9-10-11-12-13-14-15-16-17-18-22-27-29(25-5-2,26-6-3)28-23-20-19-21-24-28/h19-21,23-24H,4-18,22,25-27H2,1-3H3/q+1. The lowest BCUT2D eigenvalue weighted by molar-refractivity contribution is 0.265. The number of benzene rings is 1. The van der Waals surface area contributed by atoms with Gasteiger partial charge in [0.05, 0.1) is 19.6 Å². The van der Waals surface area contributed by atoms with Gasteiger partial charge in [-0.05, 0) is 37.8 Å². The predicted molar refractivity (Wildman–Crippen MR) is 134 cm³/mol. The molecule has 0 bridgehead atoms. The van der Waals surface area contributed by atoms with Crippen LogP contribution >= 0.6 is 0 Å². The summed E-state index contributed by atoms with van der Waals surface area (Å²) in [5.74, 6) is 0. The van der Waals surface area contributed by atoms with Crippen molar-refractivity contribution in [2.24, 2.45) is 0 Å². The number of para-hydroxylation sites is 1. The van der Waals surface area contributed by atoms with Gasteiger partial charge in [-0.25, -0.2) is 0 Å². The van der Waals surface area contributed by atoms with E-state index >= 15 is 0 Å². The van der Waals surface area contributed by atoms with Crippen molar-refractivity contribution in [2.45, 2.75) is 124 Å². The maximum Gasteiger partial charge on any atom is 0.132 e. The van der Waals surface area contributed by atoms with Crippen LogP contribution in [-0.4, -0.2) is 19.6 Å². The molecule has 1 heteroatoms. The molecule has 0 aliphatic carbocycles. The molecule has 0 radical (unpaired) electrons. The molecule has 1 aromatic carbocycles. The number of hydrogen-bond donors (Lipinski definition) is 0. The average Bonchev–Trinajstić information content (AvgIpc) is 2.75. The van der Waals surface area contributed by atoms with Gasteiger partial charge in [0.15, 0.2) is 0 Å². The molecular formula is C28H52N+. The molecule has 0 heterocycles. The molecule has 1 rings (SSSR count). The first kappa shape index (κ1) is 26.2. The summed E-state index contributed by atoms with van der Waals surface area (Å²) in [6, 6.07) is 11.3. The molecule has 0 spiro atoms. The van der Waals surface area contributed by atoms with Crippen molar-refractivity contribution in [1.29, 1.82) is 0 Å². The first-order valence-corrected chi connectivity index (χ1v) is 13.2. The molecule has 1 aromatic rings. The van der Waals surface area contributed by atoms with E-state index in [9.17, 15) is 0 Å². The lowest BCUT2D eigenvalue weighted by Crippen LogP contribution is -2.51. The molecule has 0 N–H and O–H groups in total. The monoisotopic (exact) mass is 402 g/mol. The molecule has 1 nitrogen and oxygen atoms in total. The number of rotatable bonds is 20. The summed E-state index contributed by atoms with van der Waals surface area (Å²) in [7, 11) is 0. The Balaban J connectivity index is 2.13. The van der Waals surface area contributed by atoms with Crippen LogP contribution < -0.4 is 4.48 Å². The zero-order valence-electron chi connectivity index (χ0n) is 20.3. The SMILES string of the molecule is CCCCCCCCCCCCCCCC[N+](CCC)(CCC)c1ccccc1. The molecule has 0 fully saturated rings. The van der Waals surface area contributed by atoms with Crippen LogP contribution in [0, 0.1) is 0 Å². The summed E-state index contributed by atoms with van der Waals surface area (Å²) in [5.41, 5.74) is 1.53. The van der Waals surface area contributed by atoms with Crippen molar-refractivity contribution < 1.29 is 0 Å². The molecule has 0 saturated carbocycles. The summed E-state index contributed by atoms with van der Waals surface area (Å²) in [5, 5.41) is 0. The Morgan fingerprint density at radius 3 is 1.28 bits per heavy atom. The molecule has 0 saturated heterocycles. The Morgan fingerprint density at radius 2 is 0.862 bits per heavy atom. The minimum atomic E-state index is 1.20. The van der Waals surface area contributed by atoms with Gasteiger partial charge in [-0.1, -0.05) is 116 Å². The second kappa shape index (κ2) is 18.0. The summed E-state index contributed by atoms with van der Waals surface area (Å²) >= 11 is 0. The minimum absolute atomic E-state index is 1.20. The zero-order chi connectivity index (χ0) is 21.0. The molecule has 0 amide bonds. The molecule has 0 atom stereocenters. The minimum Gasteiger partial charge on any atom is -0.291 e. The van der Waals surface area contributed by atoms with E-state index in [0.29, 0.717) is 0 Å². The van der Waals surface area contributed by atoms with E-state index in [4.69, 9.17) is 0 Å². The Hall–Kier alpha value is -0.820. The van der Waals surface area contributed by atoms with Crippen molar-refractivity contribution in [3.8, 4) is 0 Å². The smallest absolute Gasteiger partial charge is 0.132 e. The van der Waals surface area contributed by atoms with Crippen LogP contribution in [0.3, 0.4) is 0 Å². The highest BCUT2D eigenvalue weighted by Gasteiger charge is 2.27. The number of unbranched alkanes of at least 4 members (excludes halogenated alkanes) is 13. The molecule has 0 unspecified atom stereocenters. The van der Waals surface area contributed by atoms with E-state index in [0.717, 1.165) is 0 Å². The van der Waals surface area contributed by atoms with Gasteiger partial charge in [-0.15, -0.1) is 0 Å². The Bertz CT molecular complexity index is 447. The van der Waals surface area contributed by atoms with Crippen LogP contribution in [-0.2, 0) is 0 Å². The van der Waals surface area contributed by atoms with Crippen LogP contribution in [0.4, 0.5) is 5.69 Å². The normalized spacial score (nSPS) is 11.8. The van der Waals surface area contributed by atoms with Gasteiger partial charge in [0, 0.05) is 0 Å². The van der Waals surface area contributed by atoms with E-state index in [1.165, 1.54) is 133 Å². The van der Waals surface area contributed by atoms with Gasteiger partial charge in [0.2, 0.25) is 0 Å². The first-order valence-electron chi connectivity index (χ1n) is 13.2. The highest BCUT2D eigenvalue weighted by molar-refractivity contribution is 5.42. The topological polar surface area (TPSA) is 0 Å². The van der Waals surface area contributed by atoms with Gasteiger partial charge >= 0.3 is 0 Å². The van der Waals surface area contributed by atoms with Gasteiger partial charge in [-0.2, -0.15) is 0 Å². The van der Waals surface area contributed by atoms with E-state index in [-0.39, 0.29) is 0 Å². The fourth-order valence-electron chi connectivity index (χ4n) is 4.93. The second-order valence-corrected chi connectivity index (χ2v) is 9.25. The van der Waals surface area contributed by atoms with Crippen molar-refractivity contribution in [3.63, 3.8) is 0 Å². The second-order valence-electron chi connectivity index (χ2n) is 9.25. The molecule has 0 aliphatic rings. The molecule has 0 aliphatic heterocycles. The molecule has 0 aromatic heterocycles. The van der Waals surface area contributed by atoms with Crippen molar-refractivity contribution in [3.05, 3.63) is 30.3 Å². The van der Waals surface area contributed by atoms with Gasteiger partial charge in [0.1, 0.15) is 5.69 Å². The molecule has 168 valence electrons. The van der Waals surface area contributed by atoms with Gasteiger partial charge < -0.3 is 0 Å². The lowest BCUT2D eigenvalue weighted by atomic mass is 10.0. The third kappa shape index (κ3) is 11.8. The molecular weight excluding hydrogens is 350 g/mol. The molecule has 29 heavy (non-hydrogen) atoms. The summed E-state index contributed by atoms with van der Waals surface area (Å²) in [4.78, 5) is 0. The van der Waals surface area contributed by atoms with Crippen LogP contribution in [0.1, 0.15) is 124 Å². The third-order valence-corrected chi connectivity index (χ3v) is 6.55. The zero-order valence-corrected chi connectivity index (χ0v) is 20.3. The van der Waals surface area contributed by atoms with Crippen molar-refractivity contribution >= 4 is 5.69 Å². The third-order valence-electron chi connectivity index (χ3n) is 6.55. The Labute approximate surface area is 183 Å². The van der Waals surface area contributed by atoms with E-state index in [1.807, 2.05) is 0 Å². The predicted octanol–water partition coefficient (Wildman–Crippen LogP) is 9.30. The number of quaternary nitrogens is 1. The van der Waals surface area contributed by atoms with E-state index < -0.39 is 0 Å². The van der Waals surface area contributed by atoms with Crippen molar-refractivity contribution in [2.75, 3.05) is 19.6 Å². The van der Waals surface area contributed by atoms with Crippen molar-refractivity contribution in [1.82, 2.24) is 4.48 Å². The Kier molecular flexibility index (Phi) is 16.3. The highest BCUT2D eigenvalue weighted by Crippen LogP contribution is 2.25. The summed E-state index contributed by atoms with van der Waals surface area (Å²) in [6.07, 6.45) is 22.7. The number of hydrogen-bond acceptors (Lipinski definition) is 0. The fraction of sp³-hybridized carbons (Fsp3) is 0.786. The van der Waals surface area contributed by atoms with E-state index in [2.05, 4.69) is 51.1 Å². The van der Waals surface area contributed by atoms with E-state index in [1.54, 1.807) is 0 Å². The van der Waals surface area contributed by atoms with Gasteiger partial charge in [-0.3, -0.25) is 4.48 Å². The fourth-order valence-corrected chi connectivity index (χ4v) is 4.93.